The Bertz CT molecular complexity index is 1170. The Kier molecular flexibility index (Phi) is 4.90. The number of nitrogens with one attached hydrogen (secondary N) is 2. The van der Waals surface area contributed by atoms with E-state index in [1.165, 1.54) is 17.4 Å². The van der Waals surface area contributed by atoms with Gasteiger partial charge < -0.3 is 24.7 Å². The van der Waals surface area contributed by atoms with Crippen molar-refractivity contribution in [1.29, 1.82) is 0 Å². The molecule has 2 aliphatic rings. The van der Waals surface area contributed by atoms with Gasteiger partial charge in [0.25, 0.3) is 5.91 Å². The molecule has 31 heavy (non-hydrogen) atoms. The molecule has 4 heterocycles. The van der Waals surface area contributed by atoms with Crippen molar-refractivity contribution in [3.63, 3.8) is 0 Å². The van der Waals surface area contributed by atoms with Gasteiger partial charge in [-0.05, 0) is 43.2 Å². The van der Waals surface area contributed by atoms with Gasteiger partial charge in [-0.25, -0.2) is 9.18 Å². The van der Waals surface area contributed by atoms with Crippen LogP contribution in [0, 0.1) is 5.82 Å². The second-order valence-corrected chi connectivity index (χ2v) is 8.42. The van der Waals surface area contributed by atoms with Crippen LogP contribution in [0.15, 0.2) is 40.8 Å². The molecule has 0 radical (unpaired) electrons. The average molecular weight is 441 g/mol. The number of thiophene rings is 1. The molecule has 7 nitrogen and oxygen atoms in total. The maximum atomic E-state index is 14.1. The van der Waals surface area contributed by atoms with E-state index in [1.54, 1.807) is 42.2 Å². The van der Waals surface area contributed by atoms with Crippen LogP contribution < -0.4 is 10.6 Å². The number of amides is 2. The number of carbonyl (C=O) groups is 2. The fourth-order valence-electron chi connectivity index (χ4n) is 3.94. The molecule has 2 aromatic heterocycles. The fourth-order valence-corrected chi connectivity index (χ4v) is 5.23. The Labute approximate surface area is 181 Å². The summed E-state index contributed by atoms with van der Waals surface area (Å²) in [4.78, 5) is 27.6. The van der Waals surface area contributed by atoms with E-state index in [-0.39, 0.29) is 17.8 Å². The zero-order valence-electron chi connectivity index (χ0n) is 16.7. The quantitative estimate of drug-likeness (QED) is 0.625. The Balaban J connectivity index is 1.39. The molecule has 0 saturated heterocycles. The number of halogens is 1. The molecule has 0 aliphatic carbocycles. The summed E-state index contributed by atoms with van der Waals surface area (Å²) in [5.41, 5.74) is 1.96. The normalized spacial score (nSPS) is 17.4. The van der Waals surface area contributed by atoms with E-state index in [9.17, 15) is 14.0 Å². The standard InChI is InChI=1S/C22H20FN3O4S/c1-2-29-22(28)26-10-9-13-17(11-26)31-21-18(13)20(27)24-19(25-21)16-8-7-15(30-16)12-5-3-4-6-14(12)23/h3-8,19,25H,2,9-11H2,1H3,(H,24,27). The van der Waals surface area contributed by atoms with Crippen molar-refractivity contribution in [2.75, 3.05) is 18.5 Å². The molecule has 0 bridgehead atoms. The zero-order valence-corrected chi connectivity index (χ0v) is 17.6. The second-order valence-electron chi connectivity index (χ2n) is 7.31. The van der Waals surface area contributed by atoms with Gasteiger partial charge in [-0.15, -0.1) is 11.3 Å². The highest BCUT2D eigenvalue weighted by molar-refractivity contribution is 7.16. The summed E-state index contributed by atoms with van der Waals surface area (Å²) in [6.45, 7) is 3.03. The van der Waals surface area contributed by atoms with E-state index in [1.807, 2.05) is 0 Å². The maximum Gasteiger partial charge on any atom is 0.410 e. The number of ether oxygens (including phenoxy) is 1. The van der Waals surface area contributed by atoms with Crippen LogP contribution in [0.5, 0.6) is 0 Å². The SMILES string of the molecule is CCOC(=O)N1CCc2c(sc3c2C(=O)NC(c2ccc(-c4ccccc4F)o2)N3)C1. The summed E-state index contributed by atoms with van der Waals surface area (Å²) < 4.78 is 25.0. The van der Waals surface area contributed by atoms with Crippen molar-refractivity contribution < 1.29 is 23.1 Å². The highest BCUT2D eigenvalue weighted by Crippen LogP contribution is 2.41. The van der Waals surface area contributed by atoms with Crippen LogP contribution in [0.3, 0.4) is 0 Å². The molecule has 0 saturated carbocycles. The molecule has 0 fully saturated rings. The first-order valence-corrected chi connectivity index (χ1v) is 10.8. The maximum absolute atomic E-state index is 14.1. The third-order valence-electron chi connectivity index (χ3n) is 5.41. The van der Waals surface area contributed by atoms with Gasteiger partial charge in [0, 0.05) is 11.4 Å². The van der Waals surface area contributed by atoms with Gasteiger partial charge in [0.05, 0.1) is 24.3 Å². The highest BCUT2D eigenvalue weighted by Gasteiger charge is 2.35. The summed E-state index contributed by atoms with van der Waals surface area (Å²) in [7, 11) is 0. The van der Waals surface area contributed by atoms with Crippen LogP contribution in [0.2, 0.25) is 0 Å². The molecule has 0 spiro atoms. The lowest BCUT2D eigenvalue weighted by molar-refractivity contribution is 0.0929. The van der Waals surface area contributed by atoms with Crippen LogP contribution in [0.4, 0.5) is 14.2 Å². The van der Waals surface area contributed by atoms with Gasteiger partial charge in [0.15, 0.2) is 6.17 Å². The van der Waals surface area contributed by atoms with Crippen molar-refractivity contribution in [2.45, 2.75) is 26.1 Å². The summed E-state index contributed by atoms with van der Waals surface area (Å²) in [6, 6.07) is 9.79. The first kappa shape index (κ1) is 19.6. The molecule has 1 atom stereocenters. The molecule has 1 aromatic carbocycles. The minimum atomic E-state index is -0.568. The van der Waals surface area contributed by atoms with Crippen molar-refractivity contribution in [2.24, 2.45) is 0 Å². The van der Waals surface area contributed by atoms with E-state index in [0.717, 1.165) is 15.4 Å². The molecular formula is C22H20FN3O4S. The Morgan fingerprint density at radius 2 is 2.13 bits per heavy atom. The van der Waals surface area contributed by atoms with Crippen LogP contribution >= 0.6 is 11.3 Å². The molecule has 1 unspecified atom stereocenters. The fraction of sp³-hybridized carbons (Fsp3) is 0.273. The minimum Gasteiger partial charge on any atom is -0.457 e. The number of benzene rings is 1. The summed E-state index contributed by atoms with van der Waals surface area (Å²) in [6.07, 6.45) is -0.314. The van der Waals surface area contributed by atoms with Crippen LogP contribution in [0.1, 0.15) is 39.6 Å². The van der Waals surface area contributed by atoms with Gasteiger partial charge in [-0.2, -0.15) is 0 Å². The van der Waals surface area contributed by atoms with E-state index in [2.05, 4.69) is 10.6 Å². The van der Waals surface area contributed by atoms with Gasteiger partial charge in [0.2, 0.25) is 0 Å². The topological polar surface area (TPSA) is 83.8 Å². The molecule has 2 aliphatic heterocycles. The summed E-state index contributed by atoms with van der Waals surface area (Å²) in [5, 5.41) is 6.98. The van der Waals surface area contributed by atoms with Crippen molar-refractivity contribution >= 4 is 28.3 Å². The van der Waals surface area contributed by atoms with Crippen molar-refractivity contribution in [3.05, 3.63) is 64.0 Å². The van der Waals surface area contributed by atoms with Crippen LogP contribution in [0.25, 0.3) is 11.3 Å². The van der Waals surface area contributed by atoms with Crippen LogP contribution in [-0.4, -0.2) is 30.1 Å². The number of anilines is 1. The number of hydrogen-bond acceptors (Lipinski definition) is 6. The predicted molar refractivity (Wildman–Crippen MR) is 113 cm³/mol. The summed E-state index contributed by atoms with van der Waals surface area (Å²) >= 11 is 1.46. The lowest BCUT2D eigenvalue weighted by Crippen LogP contribution is -2.39. The first-order chi connectivity index (χ1) is 15.0. The third-order valence-corrected chi connectivity index (χ3v) is 6.56. The molecule has 5 rings (SSSR count). The van der Waals surface area contributed by atoms with Gasteiger partial charge in [0.1, 0.15) is 22.3 Å². The lowest BCUT2D eigenvalue weighted by Gasteiger charge is -2.27. The third kappa shape index (κ3) is 3.44. The van der Waals surface area contributed by atoms with Crippen LogP contribution in [-0.2, 0) is 17.7 Å². The Hall–Kier alpha value is -3.33. The molecule has 160 valence electrons. The summed E-state index contributed by atoms with van der Waals surface area (Å²) in [5.74, 6) is 0.315. The molecule has 2 N–H and O–H groups in total. The van der Waals surface area contributed by atoms with Gasteiger partial charge in [-0.3, -0.25) is 4.79 Å². The van der Waals surface area contributed by atoms with Gasteiger partial charge in [-0.1, -0.05) is 12.1 Å². The lowest BCUT2D eigenvalue weighted by atomic mass is 10.0. The Morgan fingerprint density at radius 3 is 2.94 bits per heavy atom. The van der Waals surface area contributed by atoms with E-state index < -0.39 is 6.17 Å². The smallest absolute Gasteiger partial charge is 0.410 e. The van der Waals surface area contributed by atoms with E-state index >= 15 is 0 Å². The number of carbonyl (C=O) groups excluding carboxylic acids is 2. The van der Waals surface area contributed by atoms with E-state index in [0.29, 0.717) is 48.8 Å². The molecule has 2 amide bonds. The number of fused-ring (bicyclic) bond motifs is 3. The monoisotopic (exact) mass is 441 g/mol. The number of hydrogen-bond donors (Lipinski definition) is 2. The Morgan fingerprint density at radius 1 is 1.29 bits per heavy atom. The zero-order chi connectivity index (χ0) is 21.5. The average Bonchev–Trinajstić information content (AvgIpc) is 3.38. The van der Waals surface area contributed by atoms with Gasteiger partial charge >= 0.3 is 6.09 Å². The van der Waals surface area contributed by atoms with E-state index in [4.69, 9.17) is 9.15 Å². The molecular weight excluding hydrogens is 421 g/mol. The first-order valence-electron chi connectivity index (χ1n) is 10.0. The molecule has 9 heteroatoms. The number of rotatable bonds is 3. The molecule has 3 aromatic rings. The van der Waals surface area contributed by atoms with Crippen molar-refractivity contribution in [1.82, 2.24) is 10.2 Å². The predicted octanol–water partition coefficient (Wildman–Crippen LogP) is 4.52. The second kappa shape index (κ2) is 7.73. The number of furan rings is 1. The van der Waals surface area contributed by atoms with Crippen molar-refractivity contribution in [3.8, 4) is 11.3 Å². The minimum absolute atomic E-state index is 0.190. The number of nitrogens with zero attached hydrogens (tertiary/aromatic N) is 1. The largest absolute Gasteiger partial charge is 0.457 e. The highest BCUT2D eigenvalue weighted by atomic mass is 32.1.